The molecule has 2 heterocycles. The van der Waals surface area contributed by atoms with Gasteiger partial charge in [-0.05, 0) is 12.0 Å². The first kappa shape index (κ1) is 17.5. The number of aromatic nitrogens is 2. The standard InChI is InChI=1S/C19H26N4O2/c1-3-14(2)18-16(11-20)23-10-9-22(12-17(23)21-18)19(24)25-13-15-7-5-4-6-8-15/h4-8,14H,3,9-13,20H2,1-2H3/t14-/m1/s1. The van der Waals surface area contributed by atoms with E-state index in [1.54, 1.807) is 4.90 Å². The van der Waals surface area contributed by atoms with Crippen molar-refractivity contribution in [2.24, 2.45) is 5.73 Å². The van der Waals surface area contributed by atoms with Gasteiger partial charge < -0.3 is 15.0 Å². The summed E-state index contributed by atoms with van der Waals surface area (Å²) in [6.07, 6.45) is 0.726. The molecule has 1 aromatic carbocycles. The molecule has 134 valence electrons. The number of hydrogen-bond acceptors (Lipinski definition) is 4. The van der Waals surface area contributed by atoms with Crippen LogP contribution in [0.4, 0.5) is 4.79 Å². The summed E-state index contributed by atoms with van der Waals surface area (Å²) in [6.45, 7) is 6.88. The van der Waals surface area contributed by atoms with E-state index in [0.717, 1.165) is 29.2 Å². The molecule has 0 unspecified atom stereocenters. The van der Waals surface area contributed by atoms with Crippen molar-refractivity contribution >= 4 is 6.09 Å². The maximum Gasteiger partial charge on any atom is 0.410 e. The number of fused-ring (bicyclic) bond motifs is 1. The van der Waals surface area contributed by atoms with Crippen molar-refractivity contribution in [2.75, 3.05) is 6.54 Å². The van der Waals surface area contributed by atoms with Crippen molar-refractivity contribution < 1.29 is 9.53 Å². The van der Waals surface area contributed by atoms with Gasteiger partial charge in [-0.1, -0.05) is 44.2 Å². The van der Waals surface area contributed by atoms with E-state index in [1.807, 2.05) is 30.3 Å². The van der Waals surface area contributed by atoms with E-state index in [1.165, 1.54) is 0 Å². The summed E-state index contributed by atoms with van der Waals surface area (Å²) in [7, 11) is 0. The van der Waals surface area contributed by atoms with Crippen LogP contribution in [0, 0.1) is 0 Å². The highest BCUT2D eigenvalue weighted by Crippen LogP contribution is 2.26. The van der Waals surface area contributed by atoms with Crippen molar-refractivity contribution in [3.8, 4) is 0 Å². The zero-order chi connectivity index (χ0) is 17.8. The Hall–Kier alpha value is -2.34. The Kier molecular flexibility index (Phi) is 5.38. The van der Waals surface area contributed by atoms with Crippen LogP contribution in [0.3, 0.4) is 0 Å². The molecule has 0 bridgehead atoms. The molecule has 6 heteroatoms. The number of carbonyl (C=O) groups excluding carboxylic acids is 1. The van der Waals surface area contributed by atoms with Crippen molar-refractivity contribution in [3.63, 3.8) is 0 Å². The molecule has 0 saturated heterocycles. The third kappa shape index (κ3) is 3.69. The Morgan fingerprint density at radius 1 is 1.32 bits per heavy atom. The van der Waals surface area contributed by atoms with Gasteiger partial charge in [0.1, 0.15) is 12.4 Å². The lowest BCUT2D eigenvalue weighted by Gasteiger charge is -2.27. The van der Waals surface area contributed by atoms with Crippen LogP contribution < -0.4 is 5.73 Å². The number of imidazole rings is 1. The van der Waals surface area contributed by atoms with Gasteiger partial charge in [0.25, 0.3) is 0 Å². The average Bonchev–Trinajstić information content (AvgIpc) is 3.04. The van der Waals surface area contributed by atoms with Gasteiger partial charge in [-0.15, -0.1) is 0 Å². The number of nitrogens with zero attached hydrogens (tertiary/aromatic N) is 3. The lowest BCUT2D eigenvalue weighted by Crippen LogP contribution is -2.39. The SMILES string of the molecule is CC[C@@H](C)c1nc2n(c1CN)CCN(C(=O)OCc1ccccc1)C2. The molecule has 2 N–H and O–H groups in total. The minimum Gasteiger partial charge on any atom is -0.445 e. The summed E-state index contributed by atoms with van der Waals surface area (Å²) in [5, 5.41) is 0. The summed E-state index contributed by atoms with van der Waals surface area (Å²) < 4.78 is 7.61. The van der Waals surface area contributed by atoms with E-state index in [9.17, 15) is 4.79 Å². The van der Waals surface area contributed by atoms with Crippen LogP contribution in [0.25, 0.3) is 0 Å². The predicted octanol–water partition coefficient (Wildman–Crippen LogP) is 3.01. The average molecular weight is 342 g/mol. The quantitative estimate of drug-likeness (QED) is 0.906. The summed E-state index contributed by atoms with van der Waals surface area (Å²) >= 11 is 0. The van der Waals surface area contributed by atoms with Crippen LogP contribution in [-0.4, -0.2) is 27.1 Å². The van der Waals surface area contributed by atoms with Crippen LogP contribution in [0.1, 0.15) is 49.0 Å². The maximum atomic E-state index is 12.4. The zero-order valence-electron chi connectivity index (χ0n) is 14.9. The van der Waals surface area contributed by atoms with E-state index in [0.29, 0.717) is 32.1 Å². The van der Waals surface area contributed by atoms with Crippen molar-refractivity contribution in [1.82, 2.24) is 14.5 Å². The van der Waals surface area contributed by atoms with Gasteiger partial charge in [-0.25, -0.2) is 9.78 Å². The first-order valence-corrected chi connectivity index (χ1v) is 8.87. The number of amides is 1. The molecule has 1 aromatic heterocycles. The lowest BCUT2D eigenvalue weighted by molar-refractivity contribution is 0.0859. The molecule has 0 fully saturated rings. The maximum absolute atomic E-state index is 12.4. The molecule has 25 heavy (non-hydrogen) atoms. The minimum atomic E-state index is -0.294. The lowest BCUT2D eigenvalue weighted by atomic mass is 10.0. The second-order valence-corrected chi connectivity index (χ2v) is 6.49. The molecule has 1 aliphatic heterocycles. The highest BCUT2D eigenvalue weighted by molar-refractivity contribution is 5.67. The highest BCUT2D eigenvalue weighted by Gasteiger charge is 2.27. The summed E-state index contributed by atoms with van der Waals surface area (Å²) in [5.74, 6) is 1.27. The second kappa shape index (κ2) is 7.70. The van der Waals surface area contributed by atoms with Gasteiger partial charge in [0.2, 0.25) is 0 Å². The molecule has 0 saturated carbocycles. The van der Waals surface area contributed by atoms with E-state index < -0.39 is 0 Å². The Labute approximate surface area is 148 Å². The molecular weight excluding hydrogens is 316 g/mol. The Morgan fingerprint density at radius 2 is 2.08 bits per heavy atom. The Morgan fingerprint density at radius 3 is 2.76 bits per heavy atom. The molecule has 0 radical (unpaired) electrons. The molecule has 3 rings (SSSR count). The molecule has 0 aliphatic carbocycles. The smallest absolute Gasteiger partial charge is 0.410 e. The first-order chi connectivity index (χ1) is 12.1. The highest BCUT2D eigenvalue weighted by atomic mass is 16.6. The number of benzene rings is 1. The molecule has 6 nitrogen and oxygen atoms in total. The van der Waals surface area contributed by atoms with Crippen LogP contribution in [0.5, 0.6) is 0 Å². The summed E-state index contributed by atoms with van der Waals surface area (Å²) in [5.41, 5.74) is 9.10. The third-order valence-corrected chi connectivity index (χ3v) is 4.84. The topological polar surface area (TPSA) is 73.4 Å². The first-order valence-electron chi connectivity index (χ1n) is 8.87. The third-order valence-electron chi connectivity index (χ3n) is 4.84. The van der Waals surface area contributed by atoms with E-state index >= 15 is 0 Å². The van der Waals surface area contributed by atoms with E-state index in [4.69, 9.17) is 15.5 Å². The fraction of sp³-hybridized carbons (Fsp3) is 0.474. The number of ether oxygens (including phenoxy) is 1. The van der Waals surface area contributed by atoms with Gasteiger partial charge in [0.05, 0.1) is 17.9 Å². The molecular formula is C19H26N4O2. The van der Waals surface area contributed by atoms with E-state index in [-0.39, 0.29) is 12.7 Å². The summed E-state index contributed by atoms with van der Waals surface area (Å²) in [6, 6.07) is 9.71. The number of nitrogens with two attached hydrogens (primary N) is 1. The number of rotatable bonds is 5. The van der Waals surface area contributed by atoms with Crippen molar-refractivity contribution in [3.05, 3.63) is 53.1 Å². The Balaban J connectivity index is 1.68. The van der Waals surface area contributed by atoms with Crippen molar-refractivity contribution in [2.45, 2.75) is 52.4 Å². The van der Waals surface area contributed by atoms with Crippen LogP contribution in [0.15, 0.2) is 30.3 Å². The fourth-order valence-electron chi connectivity index (χ4n) is 3.18. The molecule has 2 aromatic rings. The molecule has 1 aliphatic rings. The summed E-state index contributed by atoms with van der Waals surface area (Å²) in [4.78, 5) is 18.9. The number of hydrogen-bond donors (Lipinski definition) is 1. The van der Waals surface area contributed by atoms with Gasteiger partial charge >= 0.3 is 6.09 Å². The second-order valence-electron chi connectivity index (χ2n) is 6.49. The fourth-order valence-corrected chi connectivity index (χ4v) is 3.18. The predicted molar refractivity (Wildman–Crippen MR) is 95.9 cm³/mol. The van der Waals surface area contributed by atoms with Gasteiger partial charge in [-0.2, -0.15) is 0 Å². The van der Waals surface area contributed by atoms with Crippen molar-refractivity contribution in [1.29, 1.82) is 0 Å². The molecule has 1 atom stereocenters. The van der Waals surface area contributed by atoms with Crippen LogP contribution >= 0.6 is 0 Å². The largest absolute Gasteiger partial charge is 0.445 e. The number of carbonyl (C=O) groups is 1. The molecule has 1 amide bonds. The monoisotopic (exact) mass is 342 g/mol. The van der Waals surface area contributed by atoms with Crippen LogP contribution in [0.2, 0.25) is 0 Å². The van der Waals surface area contributed by atoms with E-state index in [2.05, 4.69) is 18.4 Å². The molecule has 0 spiro atoms. The van der Waals surface area contributed by atoms with Crippen LogP contribution in [-0.2, 0) is 31.0 Å². The van der Waals surface area contributed by atoms with Gasteiger partial charge in [-0.3, -0.25) is 4.90 Å². The Bertz CT molecular complexity index is 727. The normalized spacial score (nSPS) is 14.9. The van der Waals surface area contributed by atoms with Gasteiger partial charge in [0, 0.05) is 25.6 Å². The van der Waals surface area contributed by atoms with Gasteiger partial charge in [0.15, 0.2) is 0 Å². The zero-order valence-corrected chi connectivity index (χ0v) is 14.9. The minimum absolute atomic E-state index is 0.288.